The Bertz CT molecular complexity index is 1240. The topological polar surface area (TPSA) is 119 Å². The van der Waals surface area contributed by atoms with Gasteiger partial charge in [0.15, 0.2) is 6.10 Å². The SMILES string of the molecule is CC(=O)O[C@@H](C1C[C@@H](C)C2C(C[C@@]3(C)[C@@H]4CC[C@H]5C(C)(C)[C@@H](OC(=O)CCC(=O)O)CC[C@@]56[C@@H](C)[C@@]46CC[C@]23C)O1)C(C)(C)O. The number of rotatable bonds is 7. The summed E-state index contributed by atoms with van der Waals surface area (Å²) in [6.45, 7) is 19.4. The molecule has 6 rings (SSSR count). The van der Waals surface area contributed by atoms with Gasteiger partial charge < -0.3 is 24.4 Å². The molecule has 45 heavy (non-hydrogen) atoms. The average Bonchev–Trinajstić information content (AvgIpc) is 3.34. The number of aliphatic carboxylic acids is 1. The van der Waals surface area contributed by atoms with Crippen LogP contribution in [0, 0.1) is 56.7 Å². The van der Waals surface area contributed by atoms with Crippen LogP contribution < -0.4 is 0 Å². The number of carbonyl (C=O) groups is 3. The van der Waals surface area contributed by atoms with Crippen LogP contribution in [0.25, 0.3) is 0 Å². The summed E-state index contributed by atoms with van der Waals surface area (Å²) in [6.07, 6.45) is 7.00. The Kier molecular flexibility index (Phi) is 7.69. The minimum atomic E-state index is -1.20. The van der Waals surface area contributed by atoms with Crippen molar-refractivity contribution in [2.75, 3.05) is 0 Å². The average molecular weight is 631 g/mol. The molecule has 3 unspecified atom stereocenters. The van der Waals surface area contributed by atoms with E-state index in [1.54, 1.807) is 13.8 Å². The molecule has 0 bridgehead atoms. The van der Waals surface area contributed by atoms with Gasteiger partial charge in [0.2, 0.25) is 0 Å². The number of carboxylic acids is 1. The first kappa shape index (κ1) is 33.2. The summed E-state index contributed by atoms with van der Waals surface area (Å²) in [5.41, 5.74) is -0.578. The van der Waals surface area contributed by atoms with Gasteiger partial charge in [-0.25, -0.2) is 0 Å². The summed E-state index contributed by atoms with van der Waals surface area (Å²) in [4.78, 5) is 35.7. The van der Waals surface area contributed by atoms with Gasteiger partial charge in [-0.15, -0.1) is 0 Å². The van der Waals surface area contributed by atoms with E-state index in [1.165, 1.54) is 26.2 Å². The van der Waals surface area contributed by atoms with Gasteiger partial charge in [-0.1, -0.05) is 41.5 Å². The maximum Gasteiger partial charge on any atom is 0.306 e. The fourth-order valence-corrected chi connectivity index (χ4v) is 13.7. The Morgan fingerprint density at radius 1 is 0.933 bits per heavy atom. The Hall–Kier alpha value is -1.67. The second kappa shape index (κ2) is 10.4. The molecule has 254 valence electrons. The van der Waals surface area contributed by atoms with Crippen LogP contribution in [0.5, 0.6) is 0 Å². The first-order valence-electron chi connectivity index (χ1n) is 17.7. The molecule has 6 fully saturated rings. The van der Waals surface area contributed by atoms with E-state index in [4.69, 9.17) is 19.3 Å². The molecule has 5 aliphatic carbocycles. The van der Waals surface area contributed by atoms with Crippen LogP contribution in [0.15, 0.2) is 0 Å². The van der Waals surface area contributed by atoms with Gasteiger partial charge in [-0.2, -0.15) is 0 Å². The molecule has 8 heteroatoms. The molecule has 0 amide bonds. The quantitative estimate of drug-likeness (QED) is 0.304. The Labute approximate surface area is 269 Å². The van der Waals surface area contributed by atoms with Crippen molar-refractivity contribution >= 4 is 17.9 Å². The number of carbonyl (C=O) groups excluding carboxylic acids is 2. The van der Waals surface area contributed by atoms with Gasteiger partial charge >= 0.3 is 17.9 Å². The van der Waals surface area contributed by atoms with Crippen molar-refractivity contribution in [1.29, 1.82) is 0 Å². The van der Waals surface area contributed by atoms with Crippen molar-refractivity contribution in [2.24, 2.45) is 56.7 Å². The molecule has 1 saturated heterocycles. The number of esters is 2. The van der Waals surface area contributed by atoms with Crippen molar-refractivity contribution in [3.05, 3.63) is 0 Å². The lowest BCUT2D eigenvalue weighted by molar-refractivity contribution is -0.209. The van der Waals surface area contributed by atoms with E-state index in [0.29, 0.717) is 29.6 Å². The van der Waals surface area contributed by atoms with Crippen molar-refractivity contribution < 1.29 is 38.8 Å². The van der Waals surface area contributed by atoms with E-state index >= 15 is 0 Å². The first-order chi connectivity index (χ1) is 20.8. The molecule has 0 radical (unpaired) electrons. The first-order valence-corrected chi connectivity index (χ1v) is 17.7. The third kappa shape index (κ3) is 4.45. The number of aliphatic hydroxyl groups is 1. The second-order valence-electron chi connectivity index (χ2n) is 17.9. The number of hydrogen-bond donors (Lipinski definition) is 2. The molecule has 0 aromatic carbocycles. The Balaban J connectivity index is 1.26. The highest BCUT2D eigenvalue weighted by molar-refractivity contribution is 5.76. The van der Waals surface area contributed by atoms with E-state index in [0.717, 1.165) is 32.1 Å². The highest BCUT2D eigenvalue weighted by atomic mass is 16.6. The molecule has 5 saturated carbocycles. The third-order valence-electron chi connectivity index (χ3n) is 15.5. The normalized spacial score (nSPS) is 48.4. The van der Waals surface area contributed by atoms with Crippen LogP contribution >= 0.6 is 0 Å². The van der Waals surface area contributed by atoms with E-state index in [9.17, 15) is 19.5 Å². The van der Waals surface area contributed by atoms with Crippen molar-refractivity contribution in [1.82, 2.24) is 0 Å². The maximum absolute atomic E-state index is 12.6. The van der Waals surface area contributed by atoms with Crippen LogP contribution in [-0.2, 0) is 28.6 Å². The highest BCUT2D eigenvalue weighted by Gasteiger charge is 2.86. The molecule has 0 aromatic rings. The predicted molar refractivity (Wildman–Crippen MR) is 168 cm³/mol. The minimum Gasteiger partial charge on any atom is -0.481 e. The predicted octanol–water partition coefficient (Wildman–Crippen LogP) is 6.55. The standard InChI is InChI=1S/C37H58O8/c1-20-18-23(31(33(6,7)42)43-22(3)38)44-24-19-35(9)26-11-10-25-32(4,5)27(45-29(41)13-12-28(39)40)14-15-36(25)21(2)37(26,36)17-16-34(35,8)30(20)24/h20-21,23-27,30-31,42H,10-19H2,1-9H3,(H,39,40)/t20-,21-,23?,24?,25+,26+,27+,30?,31+,34-,35+,36-,37+/m1/s1. The zero-order valence-corrected chi connectivity index (χ0v) is 29.1. The van der Waals surface area contributed by atoms with Crippen molar-refractivity contribution in [3.63, 3.8) is 0 Å². The summed E-state index contributed by atoms with van der Waals surface area (Å²) in [5, 5.41) is 20.0. The number of carboxylic acid groups (broad SMARTS) is 1. The molecule has 1 aliphatic heterocycles. The fourth-order valence-electron chi connectivity index (χ4n) is 13.7. The smallest absolute Gasteiger partial charge is 0.306 e. The highest BCUT2D eigenvalue weighted by Crippen LogP contribution is 2.91. The number of fused-ring (bicyclic) bond motifs is 4. The zero-order chi connectivity index (χ0) is 33.1. The minimum absolute atomic E-state index is 0.0712. The lowest BCUT2D eigenvalue weighted by Gasteiger charge is -2.63. The molecular formula is C37H58O8. The van der Waals surface area contributed by atoms with Crippen LogP contribution in [0.4, 0.5) is 0 Å². The Morgan fingerprint density at radius 2 is 1.58 bits per heavy atom. The molecule has 8 nitrogen and oxygen atoms in total. The largest absolute Gasteiger partial charge is 0.481 e. The summed E-state index contributed by atoms with van der Waals surface area (Å²) in [5.74, 6) is 0.748. The summed E-state index contributed by atoms with van der Waals surface area (Å²) >= 11 is 0. The van der Waals surface area contributed by atoms with Gasteiger partial charge in [-0.05, 0) is 116 Å². The molecule has 2 spiro atoms. The monoisotopic (exact) mass is 630 g/mol. The lowest BCUT2D eigenvalue weighted by atomic mass is 9.41. The van der Waals surface area contributed by atoms with Crippen LogP contribution in [0.2, 0.25) is 0 Å². The van der Waals surface area contributed by atoms with E-state index in [1.807, 2.05) is 0 Å². The Morgan fingerprint density at radius 3 is 2.20 bits per heavy atom. The molecular weight excluding hydrogens is 572 g/mol. The van der Waals surface area contributed by atoms with Crippen LogP contribution in [-0.4, -0.2) is 58.1 Å². The summed E-state index contributed by atoms with van der Waals surface area (Å²) in [6, 6.07) is 0. The third-order valence-corrected chi connectivity index (χ3v) is 15.5. The van der Waals surface area contributed by atoms with E-state index in [-0.39, 0.29) is 70.2 Å². The van der Waals surface area contributed by atoms with Gasteiger partial charge in [0.25, 0.3) is 0 Å². The lowest BCUT2D eigenvalue weighted by Crippen LogP contribution is -2.58. The van der Waals surface area contributed by atoms with Gasteiger partial charge in [0.05, 0.1) is 30.7 Å². The summed E-state index contributed by atoms with van der Waals surface area (Å²) in [7, 11) is 0. The van der Waals surface area contributed by atoms with Gasteiger partial charge in [-0.3, -0.25) is 14.4 Å². The van der Waals surface area contributed by atoms with Crippen LogP contribution in [0.3, 0.4) is 0 Å². The zero-order valence-electron chi connectivity index (χ0n) is 29.1. The molecule has 1 heterocycles. The van der Waals surface area contributed by atoms with Crippen molar-refractivity contribution in [2.45, 2.75) is 157 Å². The van der Waals surface area contributed by atoms with E-state index in [2.05, 4.69) is 41.5 Å². The number of ether oxygens (including phenoxy) is 3. The molecule has 2 N–H and O–H groups in total. The fraction of sp³-hybridized carbons (Fsp3) is 0.919. The van der Waals surface area contributed by atoms with Crippen molar-refractivity contribution in [3.8, 4) is 0 Å². The molecule has 13 atom stereocenters. The summed E-state index contributed by atoms with van der Waals surface area (Å²) < 4.78 is 18.7. The maximum atomic E-state index is 12.6. The van der Waals surface area contributed by atoms with Gasteiger partial charge in [0.1, 0.15) is 6.10 Å². The molecule has 0 aromatic heterocycles. The van der Waals surface area contributed by atoms with E-state index < -0.39 is 17.7 Å². The molecule has 6 aliphatic rings. The van der Waals surface area contributed by atoms with Crippen LogP contribution in [0.1, 0.15) is 127 Å². The van der Waals surface area contributed by atoms with Gasteiger partial charge in [0, 0.05) is 12.3 Å². The second-order valence-corrected chi connectivity index (χ2v) is 17.9. The number of hydrogen-bond acceptors (Lipinski definition) is 7.